The molecule has 0 spiro atoms. The number of alkyl halides is 3. The molecule has 2 amide bonds. The molecule has 2 aromatic carbocycles. The third kappa shape index (κ3) is 7.62. The second kappa shape index (κ2) is 11.9. The van der Waals surface area contributed by atoms with Gasteiger partial charge in [0.25, 0.3) is 0 Å². The molecule has 0 atom stereocenters. The quantitative estimate of drug-likeness (QED) is 0.322. The molecule has 1 N–H and O–H groups in total. The SMILES string of the molecule is COCCCN(Cc1cccn1Cc1cccc(C(F)(F)F)c1)C(=O)Nc1ccc(C(C)C)cc1. The molecule has 0 saturated carbocycles. The highest BCUT2D eigenvalue weighted by molar-refractivity contribution is 5.89. The fourth-order valence-electron chi connectivity index (χ4n) is 3.79. The van der Waals surface area contributed by atoms with Crippen LogP contribution in [0.3, 0.4) is 0 Å². The Morgan fingerprint density at radius 3 is 2.49 bits per heavy atom. The Labute approximate surface area is 204 Å². The van der Waals surface area contributed by atoms with Crippen molar-refractivity contribution in [3.63, 3.8) is 0 Å². The number of rotatable bonds is 10. The van der Waals surface area contributed by atoms with Gasteiger partial charge in [0.2, 0.25) is 0 Å². The Morgan fingerprint density at radius 1 is 1.09 bits per heavy atom. The molecule has 1 heterocycles. The van der Waals surface area contributed by atoms with Crippen LogP contribution in [0.1, 0.15) is 48.6 Å². The number of ether oxygens (including phenoxy) is 1. The van der Waals surface area contributed by atoms with Crippen molar-refractivity contribution in [2.75, 3.05) is 25.6 Å². The van der Waals surface area contributed by atoms with Crippen LogP contribution in [0.25, 0.3) is 0 Å². The van der Waals surface area contributed by atoms with Gasteiger partial charge in [0.1, 0.15) is 0 Å². The molecular formula is C27H32F3N3O2. The first-order chi connectivity index (χ1) is 16.7. The highest BCUT2D eigenvalue weighted by atomic mass is 19.4. The smallest absolute Gasteiger partial charge is 0.385 e. The molecule has 35 heavy (non-hydrogen) atoms. The van der Waals surface area contributed by atoms with Gasteiger partial charge in [-0.2, -0.15) is 13.2 Å². The zero-order valence-electron chi connectivity index (χ0n) is 20.3. The summed E-state index contributed by atoms with van der Waals surface area (Å²) >= 11 is 0. The van der Waals surface area contributed by atoms with E-state index < -0.39 is 11.7 Å². The third-order valence-electron chi connectivity index (χ3n) is 5.78. The van der Waals surface area contributed by atoms with Gasteiger partial charge in [-0.25, -0.2) is 4.79 Å². The van der Waals surface area contributed by atoms with E-state index in [-0.39, 0.29) is 12.6 Å². The van der Waals surface area contributed by atoms with Crippen LogP contribution in [0.2, 0.25) is 0 Å². The van der Waals surface area contributed by atoms with E-state index in [0.717, 1.165) is 17.8 Å². The minimum Gasteiger partial charge on any atom is -0.385 e. The largest absolute Gasteiger partial charge is 0.416 e. The van der Waals surface area contributed by atoms with E-state index in [1.54, 1.807) is 18.1 Å². The van der Waals surface area contributed by atoms with E-state index in [1.807, 2.05) is 47.2 Å². The Hall–Kier alpha value is -3.26. The summed E-state index contributed by atoms with van der Waals surface area (Å²) in [5.41, 5.74) is 2.58. The first-order valence-electron chi connectivity index (χ1n) is 11.6. The molecule has 188 valence electrons. The first kappa shape index (κ1) is 26.3. The maximum absolute atomic E-state index is 13.1. The summed E-state index contributed by atoms with van der Waals surface area (Å²) in [4.78, 5) is 14.8. The molecule has 3 aromatic rings. The van der Waals surface area contributed by atoms with Crippen LogP contribution in [-0.2, 0) is 24.0 Å². The van der Waals surface area contributed by atoms with Crippen molar-refractivity contribution in [3.05, 3.63) is 89.2 Å². The van der Waals surface area contributed by atoms with E-state index in [4.69, 9.17) is 4.74 Å². The molecule has 0 saturated heterocycles. The predicted octanol–water partition coefficient (Wildman–Crippen LogP) is 6.75. The van der Waals surface area contributed by atoms with Crippen molar-refractivity contribution in [1.29, 1.82) is 0 Å². The lowest BCUT2D eigenvalue weighted by molar-refractivity contribution is -0.137. The van der Waals surface area contributed by atoms with E-state index in [9.17, 15) is 18.0 Å². The average Bonchev–Trinajstić information content (AvgIpc) is 3.25. The van der Waals surface area contributed by atoms with Crippen LogP contribution in [0.5, 0.6) is 0 Å². The topological polar surface area (TPSA) is 46.5 Å². The number of carbonyl (C=O) groups excluding carboxylic acids is 1. The van der Waals surface area contributed by atoms with Crippen LogP contribution >= 0.6 is 0 Å². The van der Waals surface area contributed by atoms with Crippen molar-refractivity contribution >= 4 is 11.7 Å². The number of urea groups is 1. The van der Waals surface area contributed by atoms with Crippen LogP contribution < -0.4 is 5.32 Å². The van der Waals surface area contributed by atoms with Crippen LogP contribution in [-0.4, -0.2) is 35.8 Å². The number of hydrogen-bond acceptors (Lipinski definition) is 2. The summed E-state index contributed by atoms with van der Waals surface area (Å²) in [6, 6.07) is 16.5. The van der Waals surface area contributed by atoms with Gasteiger partial charge in [-0.1, -0.05) is 38.1 Å². The Balaban J connectivity index is 1.74. The standard InChI is InChI=1S/C27H32F3N3O2/c1-20(2)22-10-12-24(13-11-22)31-26(34)33(15-6-16-35-3)19-25-9-5-14-32(25)18-21-7-4-8-23(17-21)27(28,29)30/h4-5,7-14,17,20H,6,15-16,18-19H2,1-3H3,(H,31,34). The number of carbonyl (C=O) groups is 1. The third-order valence-corrected chi connectivity index (χ3v) is 5.78. The Morgan fingerprint density at radius 2 is 1.83 bits per heavy atom. The maximum atomic E-state index is 13.1. The second-order valence-electron chi connectivity index (χ2n) is 8.80. The zero-order valence-corrected chi connectivity index (χ0v) is 20.3. The Kier molecular flexibility index (Phi) is 8.98. The molecule has 1 aromatic heterocycles. The van der Waals surface area contributed by atoms with Gasteiger partial charge >= 0.3 is 12.2 Å². The monoisotopic (exact) mass is 487 g/mol. The fourth-order valence-corrected chi connectivity index (χ4v) is 3.79. The number of benzene rings is 2. The molecule has 5 nitrogen and oxygen atoms in total. The lowest BCUT2D eigenvalue weighted by atomic mass is 10.0. The molecule has 0 aliphatic heterocycles. The van der Waals surface area contributed by atoms with Gasteiger partial charge in [0.05, 0.1) is 12.1 Å². The van der Waals surface area contributed by atoms with E-state index in [2.05, 4.69) is 19.2 Å². The minimum absolute atomic E-state index is 0.245. The highest BCUT2D eigenvalue weighted by Crippen LogP contribution is 2.29. The summed E-state index contributed by atoms with van der Waals surface area (Å²) in [6.07, 6.45) is -1.92. The van der Waals surface area contributed by atoms with E-state index in [1.165, 1.54) is 11.6 Å². The number of anilines is 1. The highest BCUT2D eigenvalue weighted by Gasteiger charge is 2.30. The summed E-state index contributed by atoms with van der Waals surface area (Å²) in [5.74, 6) is 0.398. The Bertz CT molecular complexity index is 1090. The molecule has 0 radical (unpaired) electrons. The van der Waals surface area contributed by atoms with Gasteiger partial charge in [-0.05, 0) is 59.9 Å². The summed E-state index contributed by atoms with van der Waals surface area (Å²) < 4.78 is 46.3. The number of halogens is 3. The zero-order chi connectivity index (χ0) is 25.4. The predicted molar refractivity (Wildman–Crippen MR) is 131 cm³/mol. The average molecular weight is 488 g/mol. The summed E-state index contributed by atoms with van der Waals surface area (Å²) in [5, 5.41) is 2.95. The first-order valence-corrected chi connectivity index (χ1v) is 11.6. The normalized spacial score (nSPS) is 11.6. The van der Waals surface area contributed by atoms with Crippen molar-refractivity contribution in [1.82, 2.24) is 9.47 Å². The molecule has 0 fully saturated rings. The molecule has 0 bridgehead atoms. The lowest BCUT2D eigenvalue weighted by Gasteiger charge is -2.24. The van der Waals surface area contributed by atoms with Gasteiger partial charge in [0.15, 0.2) is 0 Å². The molecular weight excluding hydrogens is 455 g/mol. The van der Waals surface area contributed by atoms with Crippen molar-refractivity contribution < 1.29 is 22.7 Å². The van der Waals surface area contributed by atoms with Gasteiger partial charge < -0.3 is 19.5 Å². The number of nitrogens with zero attached hydrogens (tertiary/aromatic N) is 2. The van der Waals surface area contributed by atoms with Crippen LogP contribution in [0, 0.1) is 0 Å². The van der Waals surface area contributed by atoms with Crippen LogP contribution in [0.4, 0.5) is 23.7 Å². The second-order valence-corrected chi connectivity index (χ2v) is 8.80. The van der Waals surface area contributed by atoms with Crippen molar-refractivity contribution in [3.8, 4) is 0 Å². The fraction of sp³-hybridized carbons (Fsp3) is 0.370. The summed E-state index contributed by atoms with van der Waals surface area (Å²) in [6.45, 7) is 5.79. The maximum Gasteiger partial charge on any atom is 0.416 e. The lowest BCUT2D eigenvalue weighted by Crippen LogP contribution is -2.36. The number of aromatic nitrogens is 1. The van der Waals surface area contributed by atoms with Crippen molar-refractivity contribution in [2.24, 2.45) is 0 Å². The van der Waals surface area contributed by atoms with Gasteiger partial charge in [-0.3, -0.25) is 0 Å². The van der Waals surface area contributed by atoms with Gasteiger partial charge in [0, 0.05) is 44.4 Å². The molecule has 3 rings (SSSR count). The minimum atomic E-state index is -4.39. The number of methoxy groups -OCH3 is 1. The number of nitrogens with one attached hydrogen (secondary N) is 1. The van der Waals surface area contributed by atoms with E-state index >= 15 is 0 Å². The summed E-state index contributed by atoms with van der Waals surface area (Å²) in [7, 11) is 1.61. The molecule has 8 heteroatoms. The molecule has 0 unspecified atom stereocenters. The number of amides is 2. The van der Waals surface area contributed by atoms with Gasteiger partial charge in [-0.15, -0.1) is 0 Å². The van der Waals surface area contributed by atoms with Crippen molar-refractivity contribution in [2.45, 2.75) is 45.5 Å². The molecule has 0 aliphatic carbocycles. The van der Waals surface area contributed by atoms with Crippen LogP contribution in [0.15, 0.2) is 66.9 Å². The molecule has 0 aliphatic rings. The number of hydrogen-bond donors (Lipinski definition) is 1. The van der Waals surface area contributed by atoms with E-state index in [0.29, 0.717) is 43.3 Å².